The largest absolute Gasteiger partial charge is 0.337 e. The lowest BCUT2D eigenvalue weighted by Crippen LogP contribution is -2.42. The van der Waals surface area contributed by atoms with Crippen LogP contribution in [-0.2, 0) is 20.0 Å². The van der Waals surface area contributed by atoms with E-state index in [0.717, 1.165) is 31.9 Å². The highest BCUT2D eigenvalue weighted by Crippen LogP contribution is 2.17. The van der Waals surface area contributed by atoms with Crippen LogP contribution in [0.2, 0.25) is 0 Å². The van der Waals surface area contributed by atoms with Crippen molar-refractivity contribution in [2.24, 2.45) is 7.05 Å². The number of nitrogens with one attached hydrogen (secondary N) is 2. The number of urea groups is 1. The summed E-state index contributed by atoms with van der Waals surface area (Å²) >= 11 is 0. The summed E-state index contributed by atoms with van der Waals surface area (Å²) in [5.74, 6) is 0.734. The molecule has 2 amide bonds. The van der Waals surface area contributed by atoms with Gasteiger partial charge in [0.05, 0.1) is 6.04 Å². The van der Waals surface area contributed by atoms with Crippen molar-refractivity contribution in [3.8, 4) is 0 Å². The Morgan fingerprint density at radius 2 is 2.12 bits per heavy atom. The smallest absolute Gasteiger partial charge is 0.315 e. The molecule has 1 atom stereocenters. The van der Waals surface area contributed by atoms with Crippen LogP contribution < -0.4 is 10.6 Å². The van der Waals surface area contributed by atoms with Gasteiger partial charge in [-0.2, -0.15) is 0 Å². The molecule has 0 saturated carbocycles. The highest BCUT2D eigenvalue weighted by molar-refractivity contribution is 5.74. The molecule has 0 bridgehead atoms. The third kappa shape index (κ3) is 3.91. The lowest BCUT2D eigenvalue weighted by atomic mass is 10.00. The molecule has 7 nitrogen and oxygen atoms in total. The molecule has 1 aromatic heterocycles. The average Bonchev–Trinajstić information content (AvgIpc) is 3.01. The van der Waals surface area contributed by atoms with Crippen molar-refractivity contribution in [2.45, 2.75) is 25.9 Å². The van der Waals surface area contributed by atoms with E-state index in [4.69, 9.17) is 0 Å². The van der Waals surface area contributed by atoms with Crippen LogP contribution in [-0.4, -0.2) is 45.3 Å². The minimum absolute atomic E-state index is 0.178. The van der Waals surface area contributed by atoms with Crippen molar-refractivity contribution >= 4 is 6.03 Å². The van der Waals surface area contributed by atoms with Crippen molar-refractivity contribution in [3.63, 3.8) is 0 Å². The molecular weight excluding hydrogens is 304 g/mol. The maximum absolute atomic E-state index is 12.0. The zero-order valence-corrected chi connectivity index (χ0v) is 14.2. The number of nitrogens with zero attached hydrogens (tertiary/aromatic N) is 4. The van der Waals surface area contributed by atoms with Gasteiger partial charge in [-0.1, -0.05) is 24.3 Å². The molecule has 1 aliphatic rings. The van der Waals surface area contributed by atoms with Crippen molar-refractivity contribution in [1.82, 2.24) is 30.3 Å². The predicted octanol–water partition coefficient (Wildman–Crippen LogP) is 1.23. The first-order valence-corrected chi connectivity index (χ1v) is 8.31. The number of fused-ring (bicyclic) bond motifs is 1. The fourth-order valence-electron chi connectivity index (χ4n) is 3.07. The van der Waals surface area contributed by atoms with Gasteiger partial charge >= 0.3 is 6.03 Å². The molecule has 0 aliphatic carbocycles. The average molecular weight is 328 g/mol. The summed E-state index contributed by atoms with van der Waals surface area (Å²) in [7, 11) is 1.86. The third-order valence-corrected chi connectivity index (χ3v) is 4.40. The summed E-state index contributed by atoms with van der Waals surface area (Å²) in [6.45, 7) is 5.36. The molecule has 0 spiro atoms. The van der Waals surface area contributed by atoms with Gasteiger partial charge in [0.2, 0.25) is 0 Å². The summed E-state index contributed by atoms with van der Waals surface area (Å²) in [6.07, 6.45) is 2.70. The Balaban J connectivity index is 1.41. The van der Waals surface area contributed by atoms with Gasteiger partial charge in [0.1, 0.15) is 6.33 Å². The number of aromatic nitrogens is 3. The number of carbonyl (C=O) groups excluding carboxylic acids is 1. The number of benzene rings is 1. The quantitative estimate of drug-likeness (QED) is 0.866. The number of amides is 2. The molecule has 1 aliphatic heterocycles. The summed E-state index contributed by atoms with van der Waals surface area (Å²) in [4.78, 5) is 14.4. The van der Waals surface area contributed by atoms with Crippen LogP contribution in [0.4, 0.5) is 4.79 Å². The molecule has 1 aromatic carbocycles. The van der Waals surface area contributed by atoms with Crippen LogP contribution in [0.3, 0.4) is 0 Å². The zero-order valence-electron chi connectivity index (χ0n) is 14.2. The summed E-state index contributed by atoms with van der Waals surface area (Å²) in [5, 5.41) is 13.6. The Morgan fingerprint density at radius 3 is 2.88 bits per heavy atom. The summed E-state index contributed by atoms with van der Waals surface area (Å²) in [6, 6.07) is 8.21. The van der Waals surface area contributed by atoms with Crippen LogP contribution in [0.5, 0.6) is 0 Å². The van der Waals surface area contributed by atoms with Gasteiger partial charge in [0.15, 0.2) is 5.82 Å². The van der Waals surface area contributed by atoms with E-state index in [1.54, 1.807) is 10.9 Å². The maximum atomic E-state index is 12.0. The Kier molecular flexibility index (Phi) is 5.10. The second-order valence-corrected chi connectivity index (χ2v) is 6.22. The highest BCUT2D eigenvalue weighted by atomic mass is 16.2. The van der Waals surface area contributed by atoms with Crippen LogP contribution >= 0.6 is 0 Å². The first-order valence-electron chi connectivity index (χ1n) is 8.31. The van der Waals surface area contributed by atoms with E-state index in [0.29, 0.717) is 6.54 Å². The number of hydrogen-bond donors (Lipinski definition) is 2. The normalized spacial score (nSPS) is 15.6. The lowest BCUT2D eigenvalue weighted by molar-refractivity contribution is 0.228. The van der Waals surface area contributed by atoms with Gasteiger partial charge in [-0.15, -0.1) is 10.2 Å². The number of hydrogen-bond acceptors (Lipinski definition) is 4. The Morgan fingerprint density at radius 1 is 1.33 bits per heavy atom. The van der Waals surface area contributed by atoms with E-state index in [9.17, 15) is 4.79 Å². The molecular formula is C17H24N6O. The fraction of sp³-hybridized carbons (Fsp3) is 0.471. The number of aryl methyl sites for hydroxylation is 1. The predicted molar refractivity (Wildman–Crippen MR) is 91.4 cm³/mol. The monoisotopic (exact) mass is 328 g/mol. The molecule has 2 aromatic rings. The Labute approximate surface area is 142 Å². The van der Waals surface area contributed by atoms with Crippen molar-refractivity contribution in [2.75, 3.05) is 19.6 Å². The number of carbonyl (C=O) groups is 1. The first-order chi connectivity index (χ1) is 11.6. The molecule has 24 heavy (non-hydrogen) atoms. The van der Waals surface area contributed by atoms with Gasteiger partial charge in [-0.25, -0.2) is 4.79 Å². The molecule has 0 unspecified atom stereocenters. The number of rotatable bonds is 5. The third-order valence-electron chi connectivity index (χ3n) is 4.40. The minimum atomic E-state index is -0.181. The van der Waals surface area contributed by atoms with Gasteiger partial charge in [-0.05, 0) is 24.5 Å². The second kappa shape index (κ2) is 7.44. The Hall–Kier alpha value is -2.41. The van der Waals surface area contributed by atoms with Crippen LogP contribution in [0.25, 0.3) is 0 Å². The van der Waals surface area contributed by atoms with Gasteiger partial charge in [0, 0.05) is 33.2 Å². The molecule has 7 heteroatoms. The fourth-order valence-corrected chi connectivity index (χ4v) is 3.07. The van der Waals surface area contributed by atoms with Gasteiger partial charge in [-0.3, -0.25) is 4.90 Å². The molecule has 2 heterocycles. The van der Waals surface area contributed by atoms with Crippen LogP contribution in [0.1, 0.15) is 29.9 Å². The van der Waals surface area contributed by atoms with Crippen molar-refractivity contribution < 1.29 is 4.79 Å². The Bertz CT molecular complexity index is 698. The molecule has 0 fully saturated rings. The SMILES string of the molecule is C[C@@H](NC(=O)NCCN1CCc2ccccc2C1)c1nncn1C. The van der Waals surface area contributed by atoms with E-state index < -0.39 is 0 Å². The van der Waals surface area contributed by atoms with E-state index in [1.165, 1.54) is 11.1 Å². The van der Waals surface area contributed by atoms with Gasteiger partial charge < -0.3 is 15.2 Å². The zero-order chi connectivity index (χ0) is 16.9. The second-order valence-electron chi connectivity index (χ2n) is 6.22. The minimum Gasteiger partial charge on any atom is -0.337 e. The van der Waals surface area contributed by atoms with Crippen molar-refractivity contribution in [1.29, 1.82) is 0 Å². The van der Waals surface area contributed by atoms with E-state index in [-0.39, 0.29) is 12.1 Å². The van der Waals surface area contributed by atoms with E-state index >= 15 is 0 Å². The molecule has 0 saturated heterocycles. The summed E-state index contributed by atoms with van der Waals surface area (Å²) < 4.78 is 1.80. The molecule has 2 N–H and O–H groups in total. The topological polar surface area (TPSA) is 75.1 Å². The molecule has 3 rings (SSSR count). The van der Waals surface area contributed by atoms with Gasteiger partial charge in [0.25, 0.3) is 0 Å². The van der Waals surface area contributed by atoms with Crippen LogP contribution in [0, 0.1) is 0 Å². The maximum Gasteiger partial charge on any atom is 0.315 e. The standard InChI is InChI=1S/C17H24N6O/c1-13(16-21-19-12-22(16)2)20-17(24)18-8-10-23-9-7-14-5-3-4-6-15(14)11-23/h3-6,12-13H,7-11H2,1-2H3,(H2,18,20,24)/t13-/m1/s1. The molecule has 0 radical (unpaired) electrons. The van der Waals surface area contributed by atoms with Crippen LogP contribution in [0.15, 0.2) is 30.6 Å². The highest BCUT2D eigenvalue weighted by Gasteiger charge is 2.16. The van der Waals surface area contributed by atoms with Crippen molar-refractivity contribution in [3.05, 3.63) is 47.5 Å². The first kappa shape index (κ1) is 16.4. The van der Waals surface area contributed by atoms with E-state index in [2.05, 4.69) is 50.0 Å². The molecule has 128 valence electrons. The lowest BCUT2D eigenvalue weighted by Gasteiger charge is -2.28. The summed E-state index contributed by atoms with van der Waals surface area (Å²) in [5.41, 5.74) is 2.83. The van der Waals surface area contributed by atoms with E-state index in [1.807, 2.05) is 14.0 Å².